The van der Waals surface area contributed by atoms with Crippen LogP contribution in [-0.2, 0) is 24.3 Å². The zero-order valence-electron chi connectivity index (χ0n) is 18.7. The van der Waals surface area contributed by atoms with Crippen LogP contribution >= 0.6 is 0 Å². The summed E-state index contributed by atoms with van der Waals surface area (Å²) in [5, 5.41) is 6.70. The van der Waals surface area contributed by atoms with Crippen molar-refractivity contribution in [2.75, 3.05) is 19.1 Å². The molecule has 4 rings (SSSR count). The molecular weight excluding hydrogens is 408 g/mol. The van der Waals surface area contributed by atoms with Gasteiger partial charge in [-0.05, 0) is 38.0 Å². The first-order valence-electron chi connectivity index (χ1n) is 10.4. The fourth-order valence-corrected chi connectivity index (χ4v) is 3.88. The van der Waals surface area contributed by atoms with Crippen molar-refractivity contribution in [2.24, 2.45) is 0 Å². The number of carbonyl (C=O) groups is 2. The van der Waals surface area contributed by atoms with Crippen LogP contribution in [0.1, 0.15) is 45.1 Å². The molecule has 0 atom stereocenters. The lowest BCUT2D eigenvalue weighted by molar-refractivity contribution is -0.119. The normalized spacial score (nSPS) is 13.1. The van der Waals surface area contributed by atoms with E-state index >= 15 is 0 Å². The fraction of sp³-hybridized carbons (Fsp3) is 0.348. The maximum Gasteiger partial charge on any atom is 0.257 e. The van der Waals surface area contributed by atoms with Crippen molar-refractivity contribution in [3.63, 3.8) is 0 Å². The number of aryl methyl sites for hydroxylation is 2. The molecule has 1 aliphatic rings. The summed E-state index contributed by atoms with van der Waals surface area (Å²) in [6.45, 7) is 4.34. The number of nitrogens with one attached hydrogen (secondary N) is 1. The molecule has 166 valence electrons. The second-order valence-electron chi connectivity index (χ2n) is 7.93. The molecule has 0 spiro atoms. The smallest absolute Gasteiger partial charge is 0.257 e. The van der Waals surface area contributed by atoms with E-state index in [2.05, 4.69) is 15.2 Å². The van der Waals surface area contributed by atoms with Gasteiger partial charge in [-0.25, -0.2) is 9.97 Å². The predicted octanol–water partition coefficient (Wildman–Crippen LogP) is 2.58. The summed E-state index contributed by atoms with van der Waals surface area (Å²) in [5.74, 6) is 1.69. The van der Waals surface area contributed by atoms with Crippen LogP contribution < -0.4 is 9.64 Å². The summed E-state index contributed by atoms with van der Waals surface area (Å²) in [5.41, 5.74) is 3.96. The minimum absolute atomic E-state index is 0.0165. The third-order valence-corrected chi connectivity index (χ3v) is 5.64. The number of rotatable bonds is 6. The van der Waals surface area contributed by atoms with E-state index in [9.17, 15) is 9.59 Å². The molecule has 0 radical (unpaired) electrons. The average Bonchev–Trinajstić information content (AvgIpc) is 3.21. The molecule has 2 amide bonds. The summed E-state index contributed by atoms with van der Waals surface area (Å²) in [4.78, 5) is 38.2. The third-order valence-electron chi connectivity index (χ3n) is 5.64. The molecule has 1 N–H and O–H groups in total. The molecule has 3 heterocycles. The molecule has 3 aromatic rings. The van der Waals surface area contributed by atoms with Crippen molar-refractivity contribution in [1.29, 1.82) is 0 Å². The molecule has 0 unspecified atom stereocenters. The number of hydrogen-bond donors (Lipinski definition) is 1. The number of fused-ring (bicyclic) bond motifs is 1. The van der Waals surface area contributed by atoms with Gasteiger partial charge in [0.2, 0.25) is 5.91 Å². The molecule has 0 fully saturated rings. The Hall–Kier alpha value is -3.75. The molecule has 9 heteroatoms. The maximum atomic E-state index is 12.8. The van der Waals surface area contributed by atoms with E-state index in [0.717, 1.165) is 22.6 Å². The van der Waals surface area contributed by atoms with Gasteiger partial charge >= 0.3 is 0 Å². The van der Waals surface area contributed by atoms with Gasteiger partial charge in [0.25, 0.3) is 5.91 Å². The third kappa shape index (κ3) is 4.18. The van der Waals surface area contributed by atoms with Crippen molar-refractivity contribution in [3.05, 3.63) is 64.4 Å². The number of ether oxygens (including phenoxy) is 1. The maximum absolute atomic E-state index is 12.8. The number of benzene rings is 1. The number of nitrogens with zero attached hydrogens (tertiary/aromatic N) is 5. The van der Waals surface area contributed by atoms with Crippen molar-refractivity contribution >= 4 is 17.6 Å². The van der Waals surface area contributed by atoms with Gasteiger partial charge in [-0.2, -0.15) is 5.10 Å². The summed E-state index contributed by atoms with van der Waals surface area (Å²) >= 11 is 0. The van der Waals surface area contributed by atoms with Crippen LogP contribution in [0.3, 0.4) is 0 Å². The molecule has 0 aliphatic carbocycles. The summed E-state index contributed by atoms with van der Waals surface area (Å²) in [7, 11) is 3.32. The van der Waals surface area contributed by atoms with Crippen LogP contribution in [0, 0.1) is 13.8 Å². The molecule has 0 saturated carbocycles. The first-order chi connectivity index (χ1) is 15.4. The Balaban J connectivity index is 1.62. The number of anilines is 1. The second-order valence-corrected chi connectivity index (χ2v) is 7.93. The van der Waals surface area contributed by atoms with Crippen LogP contribution in [0.15, 0.2) is 30.5 Å². The lowest BCUT2D eigenvalue weighted by atomic mass is 10.0. The zero-order valence-corrected chi connectivity index (χ0v) is 18.7. The Morgan fingerprint density at radius 1 is 1.25 bits per heavy atom. The zero-order chi connectivity index (χ0) is 22.8. The number of methoxy groups -OCH3 is 1. The Bertz CT molecular complexity index is 1170. The van der Waals surface area contributed by atoms with Gasteiger partial charge in [0.1, 0.15) is 17.4 Å². The molecular formula is C23H26N6O3. The standard InChI is InChI=1S/C23H26N6O3/c1-14-18-8-9-21(30)29(12-16-6-5-7-17(10-16)32-4)22(18)26-20(25-14)13-28(3)23(31)19-11-24-27-15(19)2/h5-7,10-11H,8-9,12-13H2,1-4H3,(H,24,27). The van der Waals surface area contributed by atoms with Crippen molar-refractivity contribution in [1.82, 2.24) is 25.1 Å². The van der Waals surface area contributed by atoms with Crippen molar-refractivity contribution < 1.29 is 14.3 Å². The van der Waals surface area contributed by atoms with Crippen LogP contribution in [0.4, 0.5) is 5.82 Å². The number of carbonyl (C=O) groups excluding carboxylic acids is 2. The predicted molar refractivity (Wildman–Crippen MR) is 118 cm³/mol. The highest BCUT2D eigenvalue weighted by atomic mass is 16.5. The van der Waals surface area contributed by atoms with Gasteiger partial charge in [0, 0.05) is 30.4 Å². The first kappa shape index (κ1) is 21.5. The molecule has 1 aliphatic heterocycles. The van der Waals surface area contributed by atoms with Crippen LogP contribution in [0.2, 0.25) is 0 Å². The molecule has 32 heavy (non-hydrogen) atoms. The second kappa shape index (κ2) is 8.78. The van der Waals surface area contributed by atoms with Crippen LogP contribution in [0.25, 0.3) is 0 Å². The van der Waals surface area contributed by atoms with Crippen LogP contribution in [0.5, 0.6) is 5.75 Å². The highest BCUT2D eigenvalue weighted by molar-refractivity contribution is 5.96. The van der Waals surface area contributed by atoms with Crippen LogP contribution in [-0.4, -0.2) is 51.0 Å². The Morgan fingerprint density at radius 2 is 2.06 bits per heavy atom. The molecule has 0 saturated heterocycles. The Kier molecular flexibility index (Phi) is 5.89. The number of amides is 2. The average molecular weight is 435 g/mol. The van der Waals surface area contributed by atoms with Crippen molar-refractivity contribution in [3.8, 4) is 5.75 Å². The Labute approximate surface area is 186 Å². The molecule has 9 nitrogen and oxygen atoms in total. The SMILES string of the molecule is COc1cccc(CN2C(=O)CCc3c(C)nc(CN(C)C(=O)c4cn[nH]c4C)nc32)c1. The van der Waals surface area contributed by atoms with Gasteiger partial charge in [-0.3, -0.25) is 19.6 Å². The highest BCUT2D eigenvalue weighted by Crippen LogP contribution is 2.30. The minimum Gasteiger partial charge on any atom is -0.497 e. The molecule has 1 aromatic carbocycles. The van der Waals surface area contributed by atoms with Crippen molar-refractivity contribution in [2.45, 2.75) is 39.8 Å². The number of aromatic nitrogens is 4. The number of hydrogen-bond acceptors (Lipinski definition) is 6. The van der Waals surface area contributed by atoms with E-state index < -0.39 is 0 Å². The fourth-order valence-electron chi connectivity index (χ4n) is 3.88. The Morgan fingerprint density at radius 3 is 2.78 bits per heavy atom. The minimum atomic E-state index is -0.167. The lowest BCUT2D eigenvalue weighted by Gasteiger charge is -2.30. The molecule has 2 aromatic heterocycles. The summed E-state index contributed by atoms with van der Waals surface area (Å²) < 4.78 is 5.31. The van der Waals surface area contributed by atoms with Gasteiger partial charge in [0.15, 0.2) is 0 Å². The van der Waals surface area contributed by atoms with Gasteiger partial charge in [-0.1, -0.05) is 12.1 Å². The number of H-pyrrole nitrogens is 1. The van der Waals surface area contributed by atoms with Gasteiger partial charge in [0.05, 0.1) is 32.0 Å². The summed E-state index contributed by atoms with van der Waals surface area (Å²) in [6.07, 6.45) is 2.54. The first-order valence-corrected chi connectivity index (χ1v) is 10.4. The summed E-state index contributed by atoms with van der Waals surface area (Å²) in [6, 6.07) is 7.64. The largest absolute Gasteiger partial charge is 0.497 e. The number of aromatic amines is 1. The monoisotopic (exact) mass is 434 g/mol. The quantitative estimate of drug-likeness (QED) is 0.639. The van der Waals surface area contributed by atoms with E-state index in [1.807, 2.05) is 31.2 Å². The van der Waals surface area contributed by atoms with Gasteiger partial charge < -0.3 is 9.64 Å². The highest BCUT2D eigenvalue weighted by Gasteiger charge is 2.29. The van der Waals surface area contributed by atoms with E-state index in [1.165, 1.54) is 6.20 Å². The topological polar surface area (TPSA) is 104 Å². The van der Waals surface area contributed by atoms with E-state index in [0.29, 0.717) is 42.3 Å². The van der Waals surface area contributed by atoms with Gasteiger partial charge in [-0.15, -0.1) is 0 Å². The lowest BCUT2D eigenvalue weighted by Crippen LogP contribution is -2.36. The van der Waals surface area contributed by atoms with E-state index in [1.54, 1.807) is 30.9 Å². The van der Waals surface area contributed by atoms with E-state index in [4.69, 9.17) is 9.72 Å². The molecule has 0 bridgehead atoms. The van der Waals surface area contributed by atoms with E-state index in [-0.39, 0.29) is 18.4 Å².